The van der Waals surface area contributed by atoms with E-state index in [2.05, 4.69) is 0 Å². The molecule has 1 fully saturated rings. The molecule has 6 nitrogen and oxygen atoms in total. The van der Waals surface area contributed by atoms with Gasteiger partial charge in [0.2, 0.25) is 10.0 Å². The summed E-state index contributed by atoms with van der Waals surface area (Å²) in [5.74, 6) is -2.09. The number of nitrogens with zero attached hydrogens (tertiary/aromatic N) is 1. The zero-order chi connectivity index (χ0) is 17.2. The van der Waals surface area contributed by atoms with Crippen LogP contribution in [0.3, 0.4) is 0 Å². The average molecular weight is 345 g/mol. The van der Waals surface area contributed by atoms with Crippen molar-refractivity contribution in [2.75, 3.05) is 20.2 Å². The highest BCUT2D eigenvalue weighted by molar-refractivity contribution is 7.89. The molecule has 0 saturated carbocycles. The van der Waals surface area contributed by atoms with Gasteiger partial charge >= 0.3 is 5.97 Å². The first-order valence-electron chi connectivity index (χ1n) is 7.30. The Labute approximate surface area is 134 Å². The van der Waals surface area contributed by atoms with Crippen molar-refractivity contribution in [1.29, 1.82) is 0 Å². The predicted molar refractivity (Wildman–Crippen MR) is 81.1 cm³/mol. The summed E-state index contributed by atoms with van der Waals surface area (Å²) in [6.07, 6.45) is -0.232. The highest BCUT2D eigenvalue weighted by Gasteiger charge is 2.36. The fourth-order valence-corrected chi connectivity index (χ4v) is 4.73. The summed E-state index contributed by atoms with van der Waals surface area (Å²) in [5.41, 5.74) is 0.354. The predicted octanol–water partition coefficient (Wildman–Crippen LogP) is 1.63. The lowest BCUT2D eigenvalue weighted by atomic mass is 9.92. The van der Waals surface area contributed by atoms with Gasteiger partial charge in [0.25, 0.3) is 0 Å². The first-order chi connectivity index (χ1) is 10.8. The maximum absolute atomic E-state index is 14.0. The van der Waals surface area contributed by atoms with Crippen LogP contribution in [0.25, 0.3) is 0 Å². The van der Waals surface area contributed by atoms with Crippen molar-refractivity contribution in [3.8, 4) is 0 Å². The molecule has 0 spiro atoms. The lowest BCUT2D eigenvalue weighted by Crippen LogP contribution is -2.43. The van der Waals surface area contributed by atoms with E-state index in [4.69, 9.17) is 9.84 Å². The van der Waals surface area contributed by atoms with Gasteiger partial charge in [-0.2, -0.15) is 4.31 Å². The number of sulfonamides is 1. The second-order valence-corrected chi connectivity index (χ2v) is 7.50. The average Bonchev–Trinajstić information content (AvgIpc) is 2.47. The molecule has 1 aliphatic heterocycles. The van der Waals surface area contributed by atoms with Crippen molar-refractivity contribution in [3.63, 3.8) is 0 Å². The first kappa shape index (κ1) is 17.8. The molecule has 2 rings (SSSR count). The summed E-state index contributed by atoms with van der Waals surface area (Å²) in [6.45, 7) is 1.84. The first-order valence-corrected chi connectivity index (χ1v) is 8.74. The van der Waals surface area contributed by atoms with Crippen LogP contribution in [-0.2, 0) is 19.6 Å². The van der Waals surface area contributed by atoms with Crippen molar-refractivity contribution in [1.82, 2.24) is 4.31 Å². The number of piperidine rings is 1. The fraction of sp³-hybridized carbons (Fsp3) is 0.533. The molecule has 1 atom stereocenters. The van der Waals surface area contributed by atoms with Crippen LogP contribution in [0.1, 0.15) is 18.4 Å². The van der Waals surface area contributed by atoms with E-state index in [1.807, 2.05) is 0 Å². The number of benzene rings is 1. The van der Waals surface area contributed by atoms with Crippen LogP contribution in [0.2, 0.25) is 0 Å². The molecule has 0 aliphatic carbocycles. The number of methoxy groups -OCH3 is 1. The van der Waals surface area contributed by atoms with E-state index >= 15 is 0 Å². The van der Waals surface area contributed by atoms with E-state index in [0.717, 1.165) is 6.07 Å². The molecule has 0 aromatic heterocycles. The zero-order valence-electron chi connectivity index (χ0n) is 13.0. The molecule has 1 saturated heterocycles. The van der Waals surface area contributed by atoms with Crippen molar-refractivity contribution in [2.45, 2.75) is 30.8 Å². The normalized spacial score (nSPS) is 18.7. The van der Waals surface area contributed by atoms with E-state index in [1.54, 1.807) is 13.0 Å². The number of aryl methyl sites for hydroxylation is 1. The van der Waals surface area contributed by atoms with Gasteiger partial charge in [0.05, 0.1) is 0 Å². The smallest absolute Gasteiger partial charge is 0.333 e. The zero-order valence-corrected chi connectivity index (χ0v) is 13.8. The second kappa shape index (κ2) is 6.94. The van der Waals surface area contributed by atoms with Gasteiger partial charge in [0.15, 0.2) is 6.10 Å². The van der Waals surface area contributed by atoms with Gasteiger partial charge in [-0.3, -0.25) is 0 Å². The second-order valence-electron chi connectivity index (χ2n) is 5.62. The van der Waals surface area contributed by atoms with Gasteiger partial charge in [-0.1, -0.05) is 12.1 Å². The van der Waals surface area contributed by atoms with Gasteiger partial charge in [-0.15, -0.1) is 0 Å². The molecular formula is C15H20FNO5S. The summed E-state index contributed by atoms with van der Waals surface area (Å²) in [5, 5.41) is 9.10. The third kappa shape index (κ3) is 3.54. The number of carboxylic acid groups (broad SMARTS) is 1. The van der Waals surface area contributed by atoms with Crippen molar-refractivity contribution in [3.05, 3.63) is 29.6 Å². The summed E-state index contributed by atoms with van der Waals surface area (Å²) in [7, 11) is -2.61. The van der Waals surface area contributed by atoms with Gasteiger partial charge in [-0.25, -0.2) is 17.6 Å². The molecule has 8 heteroatoms. The lowest BCUT2D eigenvalue weighted by molar-refractivity contribution is -0.152. The van der Waals surface area contributed by atoms with E-state index in [-0.39, 0.29) is 23.9 Å². The Balaban J connectivity index is 2.18. The standard InChI is InChI=1S/C15H20FNO5S/c1-10-4-3-5-12(16)14(10)23(20,21)17-8-6-11(7-9-17)13(22-2)15(18)19/h3-5,11,13H,6-9H2,1-2H3,(H,18,19). The Bertz CT molecular complexity index is 663. The van der Waals surface area contributed by atoms with E-state index in [0.29, 0.717) is 18.4 Å². The van der Waals surface area contributed by atoms with Crippen LogP contribution >= 0.6 is 0 Å². The third-order valence-corrected chi connectivity index (χ3v) is 6.26. The Morgan fingerprint density at radius 2 is 2.00 bits per heavy atom. The number of carboxylic acids is 1. The van der Waals surface area contributed by atoms with Gasteiger partial charge in [-0.05, 0) is 37.3 Å². The molecule has 0 bridgehead atoms. The lowest BCUT2D eigenvalue weighted by Gasteiger charge is -2.33. The number of aliphatic carboxylic acids is 1. The van der Waals surface area contributed by atoms with Crippen LogP contribution in [0.4, 0.5) is 4.39 Å². The molecule has 1 aromatic carbocycles. The maximum atomic E-state index is 14.0. The molecule has 1 N–H and O–H groups in total. The number of halogens is 1. The Morgan fingerprint density at radius 1 is 1.39 bits per heavy atom. The van der Waals surface area contributed by atoms with Crippen molar-refractivity contribution >= 4 is 16.0 Å². The van der Waals surface area contributed by atoms with E-state index < -0.39 is 27.9 Å². The highest BCUT2D eigenvalue weighted by Crippen LogP contribution is 2.29. The summed E-state index contributed by atoms with van der Waals surface area (Å²) < 4.78 is 45.4. The molecule has 0 amide bonds. The van der Waals surface area contributed by atoms with Crippen LogP contribution in [0.5, 0.6) is 0 Å². The van der Waals surface area contributed by atoms with Gasteiger partial charge in [0.1, 0.15) is 10.7 Å². The molecule has 0 radical (unpaired) electrons. The maximum Gasteiger partial charge on any atom is 0.333 e. The number of rotatable bonds is 5. The SMILES string of the molecule is COC(C(=O)O)C1CCN(S(=O)(=O)c2c(C)cccc2F)CC1. The van der Waals surface area contributed by atoms with Gasteiger partial charge < -0.3 is 9.84 Å². The quantitative estimate of drug-likeness (QED) is 0.877. The summed E-state index contributed by atoms with van der Waals surface area (Å²) in [4.78, 5) is 10.8. The molecule has 128 valence electrons. The topological polar surface area (TPSA) is 83.9 Å². The van der Waals surface area contributed by atoms with Crippen molar-refractivity contribution < 1.29 is 27.4 Å². The summed E-state index contributed by atoms with van der Waals surface area (Å²) >= 11 is 0. The third-order valence-electron chi connectivity index (χ3n) is 4.19. The van der Waals surface area contributed by atoms with Crippen LogP contribution in [-0.4, -0.2) is 50.1 Å². The molecule has 23 heavy (non-hydrogen) atoms. The van der Waals surface area contributed by atoms with Crippen LogP contribution < -0.4 is 0 Å². The monoisotopic (exact) mass is 345 g/mol. The highest BCUT2D eigenvalue weighted by atomic mass is 32.2. The number of hydrogen-bond acceptors (Lipinski definition) is 4. The Kier molecular flexibility index (Phi) is 5.38. The number of carbonyl (C=O) groups is 1. The van der Waals surface area contributed by atoms with Crippen molar-refractivity contribution in [2.24, 2.45) is 5.92 Å². The Hall–Kier alpha value is -1.51. The number of hydrogen-bond donors (Lipinski definition) is 1. The molecule has 1 heterocycles. The minimum atomic E-state index is -3.93. The molecule has 1 aliphatic rings. The van der Waals surface area contributed by atoms with Gasteiger partial charge in [0, 0.05) is 20.2 Å². The fourth-order valence-electron chi connectivity index (χ4n) is 2.99. The summed E-state index contributed by atoms with van der Waals surface area (Å²) in [6, 6.07) is 4.14. The van der Waals surface area contributed by atoms with E-state index in [9.17, 15) is 17.6 Å². The molecular weight excluding hydrogens is 325 g/mol. The molecule has 1 unspecified atom stereocenters. The molecule has 1 aromatic rings. The Morgan fingerprint density at radius 3 is 2.48 bits per heavy atom. The minimum absolute atomic E-state index is 0.147. The number of ether oxygens (including phenoxy) is 1. The largest absolute Gasteiger partial charge is 0.479 e. The minimum Gasteiger partial charge on any atom is -0.479 e. The van der Waals surface area contributed by atoms with Crippen LogP contribution in [0.15, 0.2) is 23.1 Å². The van der Waals surface area contributed by atoms with E-state index in [1.165, 1.54) is 17.5 Å². The van der Waals surface area contributed by atoms with Crippen LogP contribution in [0, 0.1) is 18.7 Å².